The van der Waals surface area contributed by atoms with E-state index in [2.05, 4.69) is 20.6 Å². The van der Waals surface area contributed by atoms with Crippen molar-refractivity contribution in [1.29, 1.82) is 0 Å². The SMILES string of the molecule is OCCNc1nc(NCC(O)c2ccccc2)cc(-c2ccc(C(F)(F)F)c(Cl)c2)n1. The summed E-state index contributed by atoms with van der Waals surface area (Å²) >= 11 is 5.84. The van der Waals surface area contributed by atoms with Gasteiger partial charge in [0.15, 0.2) is 0 Å². The minimum atomic E-state index is -4.56. The number of aliphatic hydroxyl groups is 2. The Bertz CT molecular complexity index is 1020. The summed E-state index contributed by atoms with van der Waals surface area (Å²) in [6.45, 7) is 0.173. The number of halogens is 4. The molecule has 3 rings (SSSR count). The van der Waals surface area contributed by atoms with E-state index in [1.807, 2.05) is 18.2 Å². The predicted molar refractivity (Wildman–Crippen MR) is 113 cm³/mol. The van der Waals surface area contributed by atoms with Crippen LogP contribution >= 0.6 is 11.6 Å². The molecule has 0 aliphatic heterocycles. The first-order valence-electron chi connectivity index (χ1n) is 9.35. The van der Waals surface area contributed by atoms with Crippen LogP contribution in [0.25, 0.3) is 11.3 Å². The van der Waals surface area contributed by atoms with E-state index in [4.69, 9.17) is 16.7 Å². The number of anilines is 2. The third-order valence-corrected chi connectivity index (χ3v) is 4.66. The van der Waals surface area contributed by atoms with E-state index in [9.17, 15) is 18.3 Å². The first kappa shape index (κ1) is 22.8. The highest BCUT2D eigenvalue weighted by Crippen LogP contribution is 2.36. The molecule has 1 heterocycles. The summed E-state index contributed by atoms with van der Waals surface area (Å²) in [5.74, 6) is 0.510. The van der Waals surface area contributed by atoms with Crippen LogP contribution in [-0.2, 0) is 6.18 Å². The van der Waals surface area contributed by atoms with Crippen molar-refractivity contribution in [1.82, 2.24) is 9.97 Å². The van der Waals surface area contributed by atoms with Gasteiger partial charge in [0.25, 0.3) is 0 Å². The lowest BCUT2D eigenvalue weighted by molar-refractivity contribution is -0.137. The zero-order valence-electron chi connectivity index (χ0n) is 16.2. The number of benzene rings is 2. The van der Waals surface area contributed by atoms with Gasteiger partial charge in [-0.05, 0) is 17.7 Å². The van der Waals surface area contributed by atoms with Crippen molar-refractivity contribution in [2.45, 2.75) is 12.3 Å². The van der Waals surface area contributed by atoms with Gasteiger partial charge in [0.1, 0.15) is 5.82 Å². The maximum absolute atomic E-state index is 13.0. The Morgan fingerprint density at radius 2 is 1.74 bits per heavy atom. The molecule has 164 valence electrons. The van der Waals surface area contributed by atoms with E-state index in [1.165, 1.54) is 12.1 Å². The van der Waals surface area contributed by atoms with Crippen LogP contribution in [-0.4, -0.2) is 39.9 Å². The van der Waals surface area contributed by atoms with Crippen molar-refractivity contribution in [3.8, 4) is 11.3 Å². The first-order chi connectivity index (χ1) is 14.8. The predicted octanol–water partition coefficient (Wildman–Crippen LogP) is 4.37. The minimum Gasteiger partial charge on any atom is -0.395 e. The molecule has 0 saturated carbocycles. The molecule has 31 heavy (non-hydrogen) atoms. The van der Waals surface area contributed by atoms with E-state index in [0.717, 1.165) is 11.6 Å². The van der Waals surface area contributed by atoms with Gasteiger partial charge in [-0.2, -0.15) is 18.2 Å². The summed E-state index contributed by atoms with van der Waals surface area (Å²) in [5.41, 5.74) is 0.467. The normalized spacial score (nSPS) is 12.5. The number of aromatic nitrogens is 2. The average Bonchev–Trinajstić information content (AvgIpc) is 2.75. The van der Waals surface area contributed by atoms with Crippen LogP contribution in [0.5, 0.6) is 0 Å². The van der Waals surface area contributed by atoms with Crippen molar-refractivity contribution < 1.29 is 23.4 Å². The minimum absolute atomic E-state index is 0.147. The smallest absolute Gasteiger partial charge is 0.395 e. The molecule has 0 fully saturated rings. The Balaban J connectivity index is 1.87. The third-order valence-electron chi connectivity index (χ3n) is 4.35. The molecule has 6 nitrogen and oxygen atoms in total. The lowest BCUT2D eigenvalue weighted by Crippen LogP contribution is -2.15. The largest absolute Gasteiger partial charge is 0.417 e. The molecular weight excluding hydrogens is 433 g/mol. The Labute approximate surface area is 181 Å². The molecule has 0 aliphatic rings. The molecule has 0 saturated heterocycles. The maximum atomic E-state index is 13.0. The number of hydrogen-bond acceptors (Lipinski definition) is 6. The molecule has 2 aromatic carbocycles. The summed E-state index contributed by atoms with van der Waals surface area (Å²) in [4.78, 5) is 8.56. The van der Waals surface area contributed by atoms with Crippen LogP contribution in [0.2, 0.25) is 5.02 Å². The molecule has 1 atom stereocenters. The zero-order chi connectivity index (χ0) is 22.4. The monoisotopic (exact) mass is 452 g/mol. The van der Waals surface area contributed by atoms with Crippen LogP contribution in [0, 0.1) is 0 Å². The highest BCUT2D eigenvalue weighted by atomic mass is 35.5. The molecule has 0 radical (unpaired) electrons. The van der Waals surface area contributed by atoms with Crippen molar-refractivity contribution in [2.75, 3.05) is 30.3 Å². The third kappa shape index (κ3) is 6.06. The van der Waals surface area contributed by atoms with Crippen molar-refractivity contribution in [3.05, 3.63) is 70.7 Å². The van der Waals surface area contributed by atoms with E-state index in [0.29, 0.717) is 17.1 Å². The van der Waals surface area contributed by atoms with Gasteiger partial charge in [-0.3, -0.25) is 0 Å². The molecule has 10 heteroatoms. The second-order valence-corrected chi connectivity index (χ2v) is 7.02. The van der Waals surface area contributed by atoms with Gasteiger partial charge in [0, 0.05) is 24.7 Å². The molecule has 1 unspecified atom stereocenters. The van der Waals surface area contributed by atoms with E-state index in [1.54, 1.807) is 18.2 Å². The quantitative estimate of drug-likeness (QED) is 0.406. The second kappa shape index (κ2) is 9.95. The van der Waals surface area contributed by atoms with Gasteiger partial charge < -0.3 is 20.8 Å². The fourth-order valence-electron chi connectivity index (χ4n) is 2.83. The summed E-state index contributed by atoms with van der Waals surface area (Å²) < 4.78 is 39.0. The van der Waals surface area contributed by atoms with Crippen LogP contribution in [0.4, 0.5) is 24.9 Å². The van der Waals surface area contributed by atoms with Crippen LogP contribution in [0.1, 0.15) is 17.2 Å². The summed E-state index contributed by atoms with van der Waals surface area (Å²) in [6.07, 6.45) is -5.36. The molecule has 0 bridgehead atoms. The van der Waals surface area contributed by atoms with Crippen LogP contribution in [0.3, 0.4) is 0 Å². The summed E-state index contributed by atoms with van der Waals surface area (Å²) in [6, 6.07) is 13.9. The molecular formula is C21H20ClF3N4O2. The molecule has 0 amide bonds. The summed E-state index contributed by atoms with van der Waals surface area (Å²) in [5, 5.41) is 24.8. The Kier molecular flexibility index (Phi) is 7.32. The number of alkyl halides is 3. The molecule has 1 aromatic heterocycles. The zero-order valence-corrected chi connectivity index (χ0v) is 17.0. The van der Waals surface area contributed by atoms with Crippen molar-refractivity contribution in [3.63, 3.8) is 0 Å². The lowest BCUT2D eigenvalue weighted by Gasteiger charge is -2.15. The fraction of sp³-hybridized carbons (Fsp3) is 0.238. The van der Waals surface area contributed by atoms with Gasteiger partial charge in [-0.1, -0.05) is 48.0 Å². The van der Waals surface area contributed by atoms with Gasteiger partial charge in [0.05, 0.1) is 29.0 Å². The number of nitrogens with zero attached hydrogens (tertiary/aromatic N) is 2. The van der Waals surface area contributed by atoms with Crippen LogP contribution in [0.15, 0.2) is 54.6 Å². The highest BCUT2D eigenvalue weighted by Gasteiger charge is 2.33. The molecule has 0 aliphatic carbocycles. The maximum Gasteiger partial charge on any atom is 0.417 e. The highest BCUT2D eigenvalue weighted by molar-refractivity contribution is 6.31. The first-order valence-corrected chi connectivity index (χ1v) is 9.73. The van der Waals surface area contributed by atoms with Crippen LogP contribution < -0.4 is 10.6 Å². The standard InChI is InChI=1S/C21H20ClF3N4O2/c22-16-10-14(6-7-15(16)21(23,24)25)17-11-19(29-20(28-17)26-8-9-30)27-12-18(31)13-4-2-1-3-5-13/h1-7,10-11,18,30-31H,8-9,12H2,(H2,26,27,28,29). The Hall–Kier alpha value is -2.88. The molecule has 0 spiro atoms. The molecule has 4 N–H and O–H groups in total. The Morgan fingerprint density at radius 1 is 1.00 bits per heavy atom. The number of aliphatic hydroxyl groups excluding tert-OH is 2. The molecule has 3 aromatic rings. The van der Waals surface area contributed by atoms with Gasteiger partial charge in [0.2, 0.25) is 5.95 Å². The summed E-state index contributed by atoms with van der Waals surface area (Å²) in [7, 11) is 0. The van der Waals surface area contributed by atoms with E-state index in [-0.39, 0.29) is 25.6 Å². The number of hydrogen-bond donors (Lipinski definition) is 4. The topological polar surface area (TPSA) is 90.3 Å². The van der Waals surface area contributed by atoms with Gasteiger partial charge >= 0.3 is 6.18 Å². The van der Waals surface area contributed by atoms with Gasteiger partial charge in [-0.25, -0.2) is 4.98 Å². The fourth-order valence-corrected chi connectivity index (χ4v) is 3.12. The van der Waals surface area contributed by atoms with Crippen molar-refractivity contribution in [2.24, 2.45) is 0 Å². The number of nitrogens with one attached hydrogen (secondary N) is 2. The van der Waals surface area contributed by atoms with Crippen molar-refractivity contribution >= 4 is 23.4 Å². The lowest BCUT2D eigenvalue weighted by atomic mass is 10.1. The van der Waals surface area contributed by atoms with E-state index < -0.39 is 22.9 Å². The average molecular weight is 453 g/mol. The number of rotatable bonds is 8. The van der Waals surface area contributed by atoms with Gasteiger partial charge in [-0.15, -0.1) is 0 Å². The van der Waals surface area contributed by atoms with E-state index >= 15 is 0 Å². The second-order valence-electron chi connectivity index (χ2n) is 6.61. The Morgan fingerprint density at radius 3 is 2.39 bits per heavy atom.